The molecule has 1 aliphatic heterocycles. The van der Waals surface area contributed by atoms with Crippen LogP contribution in [0, 0.1) is 11.6 Å². The number of hydrogen-bond donors (Lipinski definition) is 0. The van der Waals surface area contributed by atoms with Gasteiger partial charge < -0.3 is 0 Å². The van der Waals surface area contributed by atoms with Crippen LogP contribution in [0.15, 0.2) is 36.3 Å². The molecule has 2 aromatic heterocycles. The van der Waals surface area contributed by atoms with E-state index >= 15 is 0 Å². The number of hydrogen-bond acceptors (Lipinski definition) is 4. The van der Waals surface area contributed by atoms with Crippen LogP contribution in [-0.2, 0) is 19.4 Å². The average molecular weight is 439 g/mol. The van der Waals surface area contributed by atoms with Gasteiger partial charge in [-0.05, 0) is 56.2 Å². The third kappa shape index (κ3) is 3.35. The number of halogens is 2. The lowest BCUT2D eigenvalue weighted by molar-refractivity contribution is 0.579. The molecule has 4 nitrogen and oxygen atoms in total. The van der Waals surface area contributed by atoms with Gasteiger partial charge in [0.2, 0.25) is 0 Å². The van der Waals surface area contributed by atoms with Crippen molar-refractivity contribution in [3.63, 3.8) is 0 Å². The van der Waals surface area contributed by atoms with E-state index in [1.807, 2.05) is 0 Å². The molecule has 2 aliphatic carbocycles. The summed E-state index contributed by atoms with van der Waals surface area (Å²) in [6.07, 6.45) is 7.60. The molecule has 0 amide bonds. The molecule has 31 heavy (non-hydrogen) atoms. The lowest BCUT2D eigenvalue weighted by Crippen LogP contribution is -2.12. The average Bonchev–Trinajstić information content (AvgIpc) is 3.53. The highest BCUT2D eigenvalue weighted by molar-refractivity contribution is 7.15. The van der Waals surface area contributed by atoms with Gasteiger partial charge in [0.15, 0.2) is 5.82 Å². The van der Waals surface area contributed by atoms with Crippen molar-refractivity contribution < 1.29 is 8.78 Å². The molecule has 1 saturated carbocycles. The van der Waals surface area contributed by atoms with Gasteiger partial charge in [0.05, 0.1) is 11.3 Å². The fourth-order valence-corrected chi connectivity index (χ4v) is 5.97. The Morgan fingerprint density at radius 3 is 2.45 bits per heavy atom. The van der Waals surface area contributed by atoms with E-state index in [0.29, 0.717) is 11.6 Å². The van der Waals surface area contributed by atoms with Crippen LogP contribution in [0.25, 0.3) is 5.00 Å². The molecule has 0 saturated heterocycles. The van der Waals surface area contributed by atoms with Crippen molar-refractivity contribution in [2.45, 2.75) is 57.4 Å². The molecule has 1 aromatic carbocycles. The maximum absolute atomic E-state index is 14.8. The van der Waals surface area contributed by atoms with E-state index in [1.54, 1.807) is 11.3 Å². The summed E-state index contributed by atoms with van der Waals surface area (Å²) in [6.45, 7) is 6.28. The molecule has 0 atom stereocenters. The standard InChI is InChI=1S/C22H20F2N4S.C2H4/c23-14-6-4-7-15(24)19(14)20-18-13-5-2-1-3-8-16(13)29-22(18)28-17(11-25-20)26-27-21(28)12-9-10-12;1-2/h4,6-7,12H,1-3,5,8-11H2;1-2H2. The fraction of sp³-hybridized carbons (Fsp3) is 0.375. The third-order valence-corrected chi connectivity index (χ3v) is 7.40. The molecule has 0 N–H and O–H groups in total. The Balaban J connectivity index is 0.000000994. The van der Waals surface area contributed by atoms with Gasteiger partial charge in [-0.1, -0.05) is 12.5 Å². The van der Waals surface area contributed by atoms with Gasteiger partial charge in [0.1, 0.15) is 29.0 Å². The fourth-order valence-electron chi connectivity index (χ4n) is 4.55. The SMILES string of the molecule is C=C.Fc1cccc(F)c1C1=NCc2nnc(C3CC3)n2-c2sc3c(c21)CCCCC3. The van der Waals surface area contributed by atoms with Gasteiger partial charge in [-0.15, -0.1) is 34.7 Å². The topological polar surface area (TPSA) is 43.1 Å². The van der Waals surface area contributed by atoms with Crippen molar-refractivity contribution in [2.75, 3.05) is 0 Å². The molecule has 0 unspecified atom stereocenters. The molecule has 0 radical (unpaired) electrons. The van der Waals surface area contributed by atoms with Crippen LogP contribution in [-0.4, -0.2) is 20.5 Å². The molecule has 3 aliphatic rings. The van der Waals surface area contributed by atoms with Crippen molar-refractivity contribution in [3.8, 4) is 5.00 Å². The van der Waals surface area contributed by atoms with Crippen LogP contribution in [0.3, 0.4) is 0 Å². The Morgan fingerprint density at radius 2 is 1.71 bits per heavy atom. The van der Waals surface area contributed by atoms with Gasteiger partial charge in [-0.25, -0.2) is 8.78 Å². The Bertz CT molecular complexity index is 1150. The van der Waals surface area contributed by atoms with Crippen LogP contribution >= 0.6 is 11.3 Å². The summed E-state index contributed by atoms with van der Waals surface area (Å²) in [4.78, 5) is 6.04. The van der Waals surface area contributed by atoms with Crippen molar-refractivity contribution >= 4 is 17.0 Å². The molecule has 1 fully saturated rings. The predicted octanol–water partition coefficient (Wildman–Crippen LogP) is 5.91. The maximum Gasteiger partial charge on any atom is 0.160 e. The van der Waals surface area contributed by atoms with Gasteiger partial charge >= 0.3 is 0 Å². The van der Waals surface area contributed by atoms with Gasteiger partial charge in [-0.3, -0.25) is 9.56 Å². The third-order valence-electron chi connectivity index (χ3n) is 6.12. The van der Waals surface area contributed by atoms with Gasteiger partial charge in [-0.2, -0.15) is 0 Å². The number of nitrogens with zero attached hydrogens (tertiary/aromatic N) is 4. The Kier molecular flexibility index (Phi) is 5.30. The first-order valence-corrected chi connectivity index (χ1v) is 11.6. The predicted molar refractivity (Wildman–Crippen MR) is 119 cm³/mol. The summed E-state index contributed by atoms with van der Waals surface area (Å²) in [5, 5.41) is 9.86. The highest BCUT2D eigenvalue weighted by Gasteiger charge is 2.36. The van der Waals surface area contributed by atoms with Crippen LogP contribution in [0.1, 0.15) is 71.2 Å². The van der Waals surface area contributed by atoms with Crippen molar-refractivity contribution in [1.29, 1.82) is 0 Å². The number of aromatic nitrogens is 3. The number of aryl methyl sites for hydroxylation is 1. The second kappa shape index (κ2) is 8.11. The van der Waals surface area contributed by atoms with Crippen LogP contribution in [0.4, 0.5) is 8.78 Å². The molecule has 7 heteroatoms. The number of benzene rings is 1. The van der Waals surface area contributed by atoms with Gasteiger partial charge in [0, 0.05) is 16.4 Å². The van der Waals surface area contributed by atoms with E-state index < -0.39 is 11.6 Å². The summed E-state index contributed by atoms with van der Waals surface area (Å²) in [5.41, 5.74) is 2.52. The first-order chi connectivity index (χ1) is 15.2. The minimum atomic E-state index is -0.566. The zero-order valence-electron chi connectivity index (χ0n) is 17.3. The van der Waals surface area contributed by atoms with E-state index in [1.165, 1.54) is 35.1 Å². The second-order valence-electron chi connectivity index (χ2n) is 8.09. The Hall–Kier alpha value is -2.67. The maximum atomic E-state index is 14.8. The molecule has 0 spiro atoms. The minimum absolute atomic E-state index is 0.0229. The van der Waals surface area contributed by atoms with Crippen molar-refractivity contribution in [2.24, 2.45) is 4.99 Å². The van der Waals surface area contributed by atoms with Crippen LogP contribution in [0.2, 0.25) is 0 Å². The lowest BCUT2D eigenvalue weighted by Gasteiger charge is -2.12. The van der Waals surface area contributed by atoms with Crippen LogP contribution in [0.5, 0.6) is 0 Å². The zero-order valence-corrected chi connectivity index (χ0v) is 18.1. The van der Waals surface area contributed by atoms with Crippen molar-refractivity contribution in [1.82, 2.24) is 14.8 Å². The van der Waals surface area contributed by atoms with E-state index in [9.17, 15) is 8.78 Å². The summed E-state index contributed by atoms with van der Waals surface area (Å²) in [5.74, 6) is 1.03. The van der Waals surface area contributed by atoms with Crippen molar-refractivity contribution in [3.05, 3.63) is 76.2 Å². The van der Waals surface area contributed by atoms with Gasteiger partial charge in [0.25, 0.3) is 0 Å². The molecule has 3 aromatic rings. The highest BCUT2D eigenvalue weighted by Crippen LogP contribution is 2.45. The Labute approximate surface area is 184 Å². The number of rotatable bonds is 2. The summed E-state index contributed by atoms with van der Waals surface area (Å²) >= 11 is 1.74. The smallest absolute Gasteiger partial charge is 0.160 e. The molecule has 160 valence electrons. The van der Waals surface area contributed by atoms with E-state index in [4.69, 9.17) is 4.99 Å². The minimum Gasteiger partial charge on any atom is -0.276 e. The molecular formula is C24H24F2N4S. The first kappa shape index (κ1) is 20.2. The quantitative estimate of drug-likeness (QED) is 0.369. The monoisotopic (exact) mass is 438 g/mol. The largest absolute Gasteiger partial charge is 0.276 e. The highest BCUT2D eigenvalue weighted by atomic mass is 32.1. The Morgan fingerprint density at radius 1 is 0.968 bits per heavy atom. The van der Waals surface area contributed by atoms with E-state index in [2.05, 4.69) is 27.9 Å². The summed E-state index contributed by atoms with van der Waals surface area (Å²) in [6, 6.07) is 4.03. The van der Waals surface area contributed by atoms with Crippen LogP contribution < -0.4 is 0 Å². The normalized spacial score (nSPS) is 17.3. The second-order valence-corrected chi connectivity index (χ2v) is 9.17. The number of thiophene rings is 1. The molecule has 6 rings (SSSR count). The molecule has 0 bridgehead atoms. The first-order valence-electron chi connectivity index (χ1n) is 10.8. The van der Waals surface area contributed by atoms with E-state index in [0.717, 1.165) is 60.7 Å². The lowest BCUT2D eigenvalue weighted by atomic mass is 9.96. The summed E-state index contributed by atoms with van der Waals surface area (Å²) < 4.78 is 31.7. The van der Waals surface area contributed by atoms with E-state index in [-0.39, 0.29) is 12.1 Å². The molecule has 3 heterocycles. The zero-order chi connectivity index (χ0) is 21.5. The summed E-state index contributed by atoms with van der Waals surface area (Å²) in [7, 11) is 0. The molecular weight excluding hydrogens is 414 g/mol. The number of fused-ring (bicyclic) bond motifs is 5. The number of aliphatic imine (C=N–C) groups is 1.